The average molecular weight is 561 g/mol. The van der Waals surface area contributed by atoms with Gasteiger partial charge in [-0.1, -0.05) is 74.5 Å². The number of hydrogen-bond donors (Lipinski definition) is 1. The van der Waals surface area contributed by atoms with Gasteiger partial charge in [0.25, 0.3) is 0 Å². The molecular weight excluding hydrogens is 516 g/mol. The molecule has 0 aliphatic heterocycles. The van der Waals surface area contributed by atoms with Gasteiger partial charge in [-0.05, 0) is 80.2 Å². The van der Waals surface area contributed by atoms with Crippen molar-refractivity contribution in [1.82, 2.24) is 10.3 Å². The summed E-state index contributed by atoms with van der Waals surface area (Å²) in [5.74, 6) is 2.33. The number of ketones is 1. The van der Waals surface area contributed by atoms with Crippen LogP contribution in [0.4, 0.5) is 4.79 Å². The zero-order chi connectivity index (χ0) is 28.2. The largest absolute Gasteiger partial charge is 0.444 e. The summed E-state index contributed by atoms with van der Waals surface area (Å²) in [4.78, 5) is 31.2. The van der Waals surface area contributed by atoms with Gasteiger partial charge >= 0.3 is 6.09 Å². The van der Waals surface area contributed by atoms with Crippen LogP contribution in [-0.4, -0.2) is 22.9 Å². The molecule has 1 amide bonds. The fourth-order valence-corrected chi connectivity index (χ4v) is 6.51. The van der Waals surface area contributed by atoms with Crippen LogP contribution in [0, 0.1) is 23.7 Å². The quantitative estimate of drug-likeness (QED) is 0.217. The number of benzene rings is 2. The molecule has 1 aromatic heterocycles. The number of hydrogen-bond acceptors (Lipinski definition) is 5. The van der Waals surface area contributed by atoms with E-state index in [0.717, 1.165) is 49.3 Å². The van der Waals surface area contributed by atoms with Gasteiger partial charge in [-0.2, -0.15) is 0 Å². The van der Waals surface area contributed by atoms with Crippen LogP contribution >= 0.6 is 11.3 Å². The molecular formula is C34H44N2O3S. The molecule has 4 rings (SSSR count). The second-order valence-electron chi connectivity index (χ2n) is 11.7. The minimum atomic E-state index is -0.410. The van der Waals surface area contributed by atoms with Gasteiger partial charge < -0.3 is 10.1 Å². The van der Waals surface area contributed by atoms with Crippen LogP contribution in [0.2, 0.25) is 0 Å². The molecule has 0 saturated heterocycles. The minimum Gasteiger partial charge on any atom is -0.444 e. The third kappa shape index (κ3) is 9.88. The fourth-order valence-electron chi connectivity index (χ4n) is 6.00. The Morgan fingerprint density at radius 2 is 1.57 bits per heavy atom. The van der Waals surface area contributed by atoms with Gasteiger partial charge in [-0.3, -0.25) is 9.78 Å². The topological polar surface area (TPSA) is 68.3 Å². The smallest absolute Gasteiger partial charge is 0.407 e. The maximum absolute atomic E-state index is 13.5. The highest BCUT2D eigenvalue weighted by atomic mass is 32.1. The molecule has 2 aromatic carbocycles. The van der Waals surface area contributed by atoms with E-state index in [0.29, 0.717) is 18.1 Å². The molecule has 0 bridgehead atoms. The first-order valence-corrected chi connectivity index (χ1v) is 15.8. The van der Waals surface area contributed by atoms with Crippen molar-refractivity contribution >= 4 is 23.2 Å². The summed E-state index contributed by atoms with van der Waals surface area (Å²) in [5.41, 5.74) is 4.17. The van der Waals surface area contributed by atoms with E-state index in [1.165, 1.54) is 35.3 Å². The lowest BCUT2D eigenvalue weighted by Crippen LogP contribution is -2.37. The van der Waals surface area contributed by atoms with Crippen molar-refractivity contribution in [2.24, 2.45) is 23.7 Å². The molecule has 1 fully saturated rings. The zero-order valence-electron chi connectivity index (χ0n) is 24.0. The molecule has 2 atom stereocenters. The van der Waals surface area contributed by atoms with E-state index in [2.05, 4.69) is 60.5 Å². The molecule has 214 valence electrons. The van der Waals surface area contributed by atoms with Crippen molar-refractivity contribution < 1.29 is 14.3 Å². The first-order valence-electron chi connectivity index (χ1n) is 14.9. The molecule has 6 heteroatoms. The lowest BCUT2D eigenvalue weighted by molar-refractivity contribution is -0.125. The van der Waals surface area contributed by atoms with Crippen LogP contribution in [0.25, 0.3) is 0 Å². The van der Waals surface area contributed by atoms with Gasteiger partial charge in [0.1, 0.15) is 12.4 Å². The van der Waals surface area contributed by atoms with E-state index in [4.69, 9.17) is 4.74 Å². The molecule has 3 aromatic rings. The number of rotatable bonds is 14. The Hall–Kier alpha value is -2.99. The first kappa shape index (κ1) is 30.0. The van der Waals surface area contributed by atoms with E-state index < -0.39 is 6.09 Å². The highest BCUT2D eigenvalue weighted by Crippen LogP contribution is 2.35. The Labute approximate surface area is 243 Å². The van der Waals surface area contributed by atoms with Crippen LogP contribution in [-0.2, 0) is 29.0 Å². The number of ether oxygens (including phenoxy) is 1. The Morgan fingerprint density at radius 1 is 0.925 bits per heavy atom. The molecule has 1 saturated carbocycles. The molecule has 1 N–H and O–H groups in total. The molecule has 40 heavy (non-hydrogen) atoms. The van der Waals surface area contributed by atoms with E-state index in [-0.39, 0.29) is 24.5 Å². The number of Topliss-reactive ketones (excluding diaryl/α,β-unsaturated/α-hetero) is 1. The third-order valence-corrected chi connectivity index (χ3v) is 9.18. The summed E-state index contributed by atoms with van der Waals surface area (Å²) in [6.07, 6.45) is 9.58. The molecule has 0 unspecified atom stereocenters. The molecule has 0 spiro atoms. The van der Waals surface area contributed by atoms with Crippen molar-refractivity contribution in [3.63, 3.8) is 0 Å². The van der Waals surface area contributed by atoms with Crippen molar-refractivity contribution in [2.75, 3.05) is 0 Å². The van der Waals surface area contributed by atoms with Crippen LogP contribution in [0.1, 0.15) is 74.8 Å². The molecule has 0 radical (unpaired) electrons. The van der Waals surface area contributed by atoms with Crippen molar-refractivity contribution in [2.45, 2.75) is 84.3 Å². The normalized spacial score (nSPS) is 18.7. The standard InChI is InChI=1S/C34H44N2O3S/c1-25(2)29-14-16-30(17-15-29)33(37)21-28(19-26-9-5-3-6-10-26)13-18-31(20-27-11-7-4-8-12-27)36-34(38)39-23-32-22-35-24-40-32/h3-12,22,24-25,28-31H,13-21,23H2,1-2H3,(H,36,38)/t28-,29?,30?,31-/m1/s1. The summed E-state index contributed by atoms with van der Waals surface area (Å²) in [5, 5.41) is 3.12. The second-order valence-corrected chi connectivity index (χ2v) is 12.7. The second kappa shape index (κ2) is 15.7. The number of amides is 1. The van der Waals surface area contributed by atoms with Gasteiger partial charge in [0.05, 0.1) is 10.4 Å². The maximum atomic E-state index is 13.5. The first-order chi connectivity index (χ1) is 19.5. The van der Waals surface area contributed by atoms with Gasteiger partial charge in [0, 0.05) is 24.6 Å². The molecule has 5 nitrogen and oxygen atoms in total. The van der Waals surface area contributed by atoms with Crippen molar-refractivity contribution in [3.8, 4) is 0 Å². The number of nitrogens with zero attached hydrogens (tertiary/aromatic N) is 1. The number of nitrogens with one attached hydrogen (secondary N) is 1. The number of thiazole rings is 1. The summed E-state index contributed by atoms with van der Waals surface area (Å²) >= 11 is 1.47. The average Bonchev–Trinajstić information content (AvgIpc) is 3.50. The molecule has 1 aliphatic carbocycles. The molecule has 1 heterocycles. The van der Waals surface area contributed by atoms with Crippen LogP contribution in [0.15, 0.2) is 72.4 Å². The predicted octanol–water partition coefficient (Wildman–Crippen LogP) is 8.04. The highest BCUT2D eigenvalue weighted by Gasteiger charge is 2.29. The van der Waals surface area contributed by atoms with Gasteiger partial charge in [0.2, 0.25) is 0 Å². The molecule has 1 aliphatic rings. The van der Waals surface area contributed by atoms with Gasteiger partial charge in [0.15, 0.2) is 0 Å². The Kier molecular flexibility index (Phi) is 11.8. The number of alkyl carbamates (subject to hydrolysis) is 1. The van der Waals surface area contributed by atoms with E-state index in [1.54, 1.807) is 11.7 Å². The van der Waals surface area contributed by atoms with Gasteiger partial charge in [-0.25, -0.2) is 4.79 Å². The van der Waals surface area contributed by atoms with E-state index >= 15 is 0 Å². The Bertz CT molecular complexity index is 1140. The van der Waals surface area contributed by atoms with Crippen LogP contribution in [0.5, 0.6) is 0 Å². The van der Waals surface area contributed by atoms with Crippen molar-refractivity contribution in [3.05, 3.63) is 88.4 Å². The third-order valence-electron chi connectivity index (χ3n) is 8.43. The summed E-state index contributed by atoms with van der Waals surface area (Å²) in [7, 11) is 0. The number of carbonyl (C=O) groups is 2. The van der Waals surface area contributed by atoms with Gasteiger partial charge in [-0.15, -0.1) is 11.3 Å². The zero-order valence-corrected chi connectivity index (χ0v) is 24.8. The van der Waals surface area contributed by atoms with Crippen LogP contribution in [0.3, 0.4) is 0 Å². The van der Waals surface area contributed by atoms with E-state index in [9.17, 15) is 9.59 Å². The Morgan fingerprint density at radius 3 is 2.17 bits per heavy atom. The minimum absolute atomic E-state index is 0.0776. The van der Waals surface area contributed by atoms with E-state index in [1.807, 2.05) is 24.3 Å². The lowest BCUT2D eigenvalue weighted by Gasteiger charge is -2.31. The monoisotopic (exact) mass is 560 g/mol. The Balaban J connectivity index is 1.39. The lowest BCUT2D eigenvalue weighted by atomic mass is 9.74. The summed E-state index contributed by atoms with van der Waals surface area (Å²) in [6, 6.07) is 20.7. The predicted molar refractivity (Wildman–Crippen MR) is 162 cm³/mol. The maximum Gasteiger partial charge on any atom is 0.407 e. The summed E-state index contributed by atoms with van der Waals surface area (Å²) in [6.45, 7) is 4.83. The number of carbonyl (C=O) groups excluding carboxylic acids is 2. The SMILES string of the molecule is CC(C)C1CCC(C(=O)C[C@H](CC[C@H](Cc2ccccc2)NC(=O)OCc2cncs2)Cc2ccccc2)CC1. The van der Waals surface area contributed by atoms with Crippen molar-refractivity contribution in [1.29, 1.82) is 0 Å². The van der Waals surface area contributed by atoms with Crippen LogP contribution < -0.4 is 5.32 Å². The fraction of sp³-hybridized carbons (Fsp3) is 0.500. The number of aromatic nitrogens is 1. The highest BCUT2D eigenvalue weighted by molar-refractivity contribution is 7.09. The summed E-state index contributed by atoms with van der Waals surface area (Å²) < 4.78 is 5.49.